The molecule has 0 spiro atoms. The fraction of sp³-hybridized carbons (Fsp3) is 0.684. The Balaban J connectivity index is 2.15. The first kappa shape index (κ1) is 27.2. The topological polar surface area (TPSA) is 169 Å². The predicted octanol–water partition coefficient (Wildman–Crippen LogP) is -0.00640. The number of rotatable bonds is 9. The number of ether oxygens (including phenoxy) is 3. The molecule has 1 aliphatic rings. The highest BCUT2D eigenvalue weighted by atomic mass is 33.1. The van der Waals surface area contributed by atoms with Gasteiger partial charge in [-0.3, -0.25) is 14.3 Å². The van der Waals surface area contributed by atoms with Crippen molar-refractivity contribution in [1.82, 2.24) is 14.9 Å². The molecule has 5 atom stereocenters. The summed E-state index contributed by atoms with van der Waals surface area (Å²) in [6.45, 7) is 7.16. The second-order valence-corrected chi connectivity index (χ2v) is 11.2. The van der Waals surface area contributed by atoms with E-state index in [4.69, 9.17) is 14.2 Å². The second kappa shape index (κ2) is 11.9. The van der Waals surface area contributed by atoms with Crippen LogP contribution in [0, 0.1) is 0 Å². The lowest BCUT2D eigenvalue weighted by atomic mass is 10.1. The van der Waals surface area contributed by atoms with E-state index in [2.05, 4.69) is 5.32 Å². The summed E-state index contributed by atoms with van der Waals surface area (Å²) in [7, 11) is 2.90. The lowest BCUT2D eigenvalue weighted by Gasteiger charge is -2.24. The molecule has 0 saturated carbocycles. The lowest BCUT2D eigenvalue weighted by molar-refractivity contribution is -0.145. The van der Waals surface area contributed by atoms with Crippen LogP contribution in [0.1, 0.15) is 33.9 Å². The van der Waals surface area contributed by atoms with Crippen LogP contribution >= 0.6 is 21.6 Å². The van der Waals surface area contributed by atoms with Crippen LogP contribution in [0.2, 0.25) is 0 Å². The molecule has 1 aromatic heterocycles. The van der Waals surface area contributed by atoms with E-state index in [1.165, 1.54) is 21.6 Å². The van der Waals surface area contributed by atoms with Crippen molar-refractivity contribution >= 4 is 33.7 Å². The number of carbonyl (C=O) groups excluding carboxylic acids is 2. The Morgan fingerprint density at radius 3 is 2.64 bits per heavy atom. The minimum atomic E-state index is -1.48. The van der Waals surface area contributed by atoms with E-state index < -0.39 is 60.5 Å². The third-order valence-electron chi connectivity index (χ3n) is 4.27. The first-order valence-corrected chi connectivity index (χ1v) is 12.5. The lowest BCUT2D eigenvalue weighted by Crippen LogP contribution is -2.47. The number of hydrogen-bond acceptors (Lipinski definition) is 11. The zero-order chi connectivity index (χ0) is 24.8. The van der Waals surface area contributed by atoms with Gasteiger partial charge in [0.05, 0.1) is 13.2 Å². The molecular weight excluding hydrogens is 478 g/mol. The second-order valence-electron chi connectivity index (χ2n) is 8.05. The Kier molecular flexibility index (Phi) is 9.84. The van der Waals surface area contributed by atoms with Crippen molar-refractivity contribution in [2.24, 2.45) is 0 Å². The standard InChI is InChI=1S/C19H29N3O9S2/c1-5-29-16(26)10(9-32-33-19(2,3)4)20-18(28)31-14-13(25)11(8-23)30-15(14)22-7-6-12(24)21-17(22)27/h6-7,10-11,13-15,23,25H,5,8-9H2,1-4H3,(H,20,28)(H,21,24,27)/t10-,11+,13?,14-,15+/m0/s1. The molecule has 1 unspecified atom stereocenters. The largest absolute Gasteiger partial charge is 0.464 e. The van der Waals surface area contributed by atoms with Gasteiger partial charge in [-0.05, 0) is 6.92 Å². The molecular formula is C19H29N3O9S2. The molecule has 0 radical (unpaired) electrons. The number of aliphatic hydroxyl groups is 2. The summed E-state index contributed by atoms with van der Waals surface area (Å²) >= 11 is 0. The number of hydrogen-bond donors (Lipinski definition) is 4. The van der Waals surface area contributed by atoms with Crippen LogP contribution in [0.5, 0.6) is 0 Å². The zero-order valence-corrected chi connectivity index (χ0v) is 20.3. The minimum Gasteiger partial charge on any atom is -0.464 e. The van der Waals surface area contributed by atoms with Gasteiger partial charge in [-0.15, -0.1) is 0 Å². The molecule has 1 saturated heterocycles. The van der Waals surface area contributed by atoms with Crippen molar-refractivity contribution in [3.63, 3.8) is 0 Å². The number of aromatic nitrogens is 2. The van der Waals surface area contributed by atoms with E-state index >= 15 is 0 Å². The van der Waals surface area contributed by atoms with Crippen LogP contribution in [0.4, 0.5) is 4.79 Å². The number of H-pyrrole nitrogens is 1. The maximum Gasteiger partial charge on any atom is 0.408 e. The maximum absolute atomic E-state index is 12.6. The molecule has 1 amide bonds. The molecule has 0 aromatic carbocycles. The summed E-state index contributed by atoms with van der Waals surface area (Å²) in [5.41, 5.74) is -1.50. The number of aromatic amines is 1. The number of nitrogens with zero attached hydrogens (tertiary/aromatic N) is 1. The zero-order valence-electron chi connectivity index (χ0n) is 18.7. The molecule has 0 bridgehead atoms. The van der Waals surface area contributed by atoms with E-state index in [-0.39, 0.29) is 17.1 Å². The Hall–Kier alpha value is -2.00. The Morgan fingerprint density at radius 1 is 1.36 bits per heavy atom. The fourth-order valence-electron chi connectivity index (χ4n) is 2.84. The van der Waals surface area contributed by atoms with E-state index in [0.717, 1.165) is 16.8 Å². The van der Waals surface area contributed by atoms with E-state index in [0.29, 0.717) is 0 Å². The van der Waals surface area contributed by atoms with Crippen LogP contribution in [-0.2, 0) is 19.0 Å². The van der Waals surface area contributed by atoms with Gasteiger partial charge in [0.15, 0.2) is 12.3 Å². The number of carbonyl (C=O) groups is 2. The Bertz CT molecular complexity index is 930. The van der Waals surface area contributed by atoms with Crippen molar-refractivity contribution < 1.29 is 34.0 Å². The normalized spacial score (nSPS) is 23.7. The number of aliphatic hydroxyl groups excluding tert-OH is 2. The molecule has 33 heavy (non-hydrogen) atoms. The highest BCUT2D eigenvalue weighted by Gasteiger charge is 2.47. The van der Waals surface area contributed by atoms with Gasteiger partial charge < -0.3 is 29.7 Å². The van der Waals surface area contributed by atoms with Crippen molar-refractivity contribution in [3.05, 3.63) is 33.1 Å². The average molecular weight is 508 g/mol. The van der Waals surface area contributed by atoms with Gasteiger partial charge in [0, 0.05) is 22.8 Å². The molecule has 186 valence electrons. The van der Waals surface area contributed by atoms with Gasteiger partial charge >= 0.3 is 17.8 Å². The monoisotopic (exact) mass is 507 g/mol. The van der Waals surface area contributed by atoms with Crippen molar-refractivity contribution in [1.29, 1.82) is 0 Å². The van der Waals surface area contributed by atoms with Crippen LogP contribution in [0.15, 0.2) is 21.9 Å². The summed E-state index contributed by atoms with van der Waals surface area (Å²) in [6, 6.07) is 0.0289. The quantitative estimate of drug-likeness (QED) is 0.262. The molecule has 1 fully saturated rings. The third-order valence-corrected chi connectivity index (χ3v) is 7.62. The van der Waals surface area contributed by atoms with Gasteiger partial charge in [0.25, 0.3) is 5.56 Å². The van der Waals surface area contributed by atoms with Gasteiger partial charge in [-0.2, -0.15) is 0 Å². The molecule has 2 rings (SSSR count). The van der Waals surface area contributed by atoms with E-state index in [9.17, 15) is 29.4 Å². The summed E-state index contributed by atoms with van der Waals surface area (Å²) in [4.78, 5) is 50.4. The molecule has 0 aliphatic carbocycles. The van der Waals surface area contributed by atoms with E-state index in [1.807, 2.05) is 25.8 Å². The molecule has 12 nitrogen and oxygen atoms in total. The minimum absolute atomic E-state index is 0.0773. The summed E-state index contributed by atoms with van der Waals surface area (Å²) in [5, 5.41) is 22.3. The first-order valence-electron chi connectivity index (χ1n) is 10.2. The first-order chi connectivity index (χ1) is 15.5. The molecule has 1 aliphatic heterocycles. The fourth-order valence-corrected chi connectivity index (χ4v) is 5.29. The summed E-state index contributed by atoms with van der Waals surface area (Å²) in [6.07, 6.45) is -5.29. The number of alkyl carbamates (subject to hydrolysis) is 1. The van der Waals surface area contributed by atoms with Gasteiger partial charge in [0.1, 0.15) is 18.2 Å². The van der Waals surface area contributed by atoms with Gasteiger partial charge in [-0.1, -0.05) is 42.4 Å². The SMILES string of the molecule is CCOC(=O)[C@H](CSSC(C)(C)C)NC(=O)O[C@H]1C(O)[C@@H](CO)O[C@H]1n1ccc(=O)[nH]c1=O. The van der Waals surface area contributed by atoms with Crippen molar-refractivity contribution in [2.45, 2.75) is 63.0 Å². The average Bonchev–Trinajstić information content (AvgIpc) is 3.02. The van der Waals surface area contributed by atoms with Crippen molar-refractivity contribution in [2.75, 3.05) is 19.0 Å². The maximum atomic E-state index is 12.6. The van der Waals surface area contributed by atoms with E-state index in [1.54, 1.807) is 6.92 Å². The Morgan fingerprint density at radius 2 is 2.06 bits per heavy atom. The van der Waals surface area contributed by atoms with Crippen LogP contribution in [0.3, 0.4) is 0 Å². The smallest absolute Gasteiger partial charge is 0.408 e. The summed E-state index contributed by atoms with van der Waals surface area (Å²) < 4.78 is 16.6. The molecule has 1 aromatic rings. The van der Waals surface area contributed by atoms with Crippen LogP contribution in [-0.4, -0.2) is 79.9 Å². The number of amides is 1. The van der Waals surface area contributed by atoms with Gasteiger partial charge in [0.2, 0.25) is 0 Å². The Labute approximate surface area is 197 Å². The molecule has 4 N–H and O–H groups in total. The molecule has 14 heteroatoms. The number of nitrogens with one attached hydrogen (secondary N) is 2. The van der Waals surface area contributed by atoms with Crippen LogP contribution < -0.4 is 16.6 Å². The van der Waals surface area contributed by atoms with Gasteiger partial charge in [-0.25, -0.2) is 14.4 Å². The highest BCUT2D eigenvalue weighted by molar-refractivity contribution is 8.77. The summed E-state index contributed by atoms with van der Waals surface area (Å²) in [5.74, 6) is -0.455. The van der Waals surface area contributed by atoms with Crippen LogP contribution in [0.25, 0.3) is 0 Å². The molecule has 2 heterocycles. The predicted molar refractivity (Wildman–Crippen MR) is 122 cm³/mol. The third kappa shape index (κ3) is 7.78. The number of esters is 1. The van der Waals surface area contributed by atoms with Crippen molar-refractivity contribution in [3.8, 4) is 0 Å². The highest BCUT2D eigenvalue weighted by Crippen LogP contribution is 2.35.